The predicted octanol–water partition coefficient (Wildman–Crippen LogP) is 1.66. The molecule has 3 atom stereocenters. The topological polar surface area (TPSA) is 20.2 Å². The van der Waals surface area contributed by atoms with E-state index in [1.54, 1.807) is 0 Å². The first-order valence-corrected chi connectivity index (χ1v) is 3.90. The van der Waals surface area contributed by atoms with E-state index in [1.807, 2.05) is 0 Å². The van der Waals surface area contributed by atoms with Crippen LogP contribution in [0.15, 0.2) is 0 Å². The van der Waals surface area contributed by atoms with Gasteiger partial charge in [0, 0.05) is 6.61 Å². The van der Waals surface area contributed by atoms with Gasteiger partial charge in [0.05, 0.1) is 0 Å². The van der Waals surface area contributed by atoms with Crippen LogP contribution in [0.3, 0.4) is 0 Å². The number of hydrogen-bond donors (Lipinski definition) is 1. The molecule has 54 valence electrons. The van der Waals surface area contributed by atoms with Gasteiger partial charge >= 0.3 is 0 Å². The van der Waals surface area contributed by atoms with E-state index in [-0.39, 0.29) is 0 Å². The van der Waals surface area contributed by atoms with Crippen molar-refractivity contribution in [3.8, 4) is 0 Å². The van der Waals surface area contributed by atoms with Crippen molar-refractivity contribution < 1.29 is 5.11 Å². The molecule has 0 saturated heterocycles. The minimum Gasteiger partial charge on any atom is -0.396 e. The first-order valence-electron chi connectivity index (χ1n) is 3.90. The monoisotopic (exact) mass is 128 g/mol. The molecule has 9 heavy (non-hydrogen) atoms. The van der Waals surface area contributed by atoms with Gasteiger partial charge in [0.1, 0.15) is 0 Å². The average Bonchev–Trinajstić information content (AvgIpc) is 1.87. The van der Waals surface area contributed by atoms with Crippen molar-refractivity contribution >= 4 is 0 Å². The molecule has 0 amide bonds. The molecule has 0 aromatic heterocycles. The molecule has 1 nitrogen and oxygen atoms in total. The van der Waals surface area contributed by atoms with Crippen molar-refractivity contribution in [2.24, 2.45) is 17.8 Å². The quantitative estimate of drug-likeness (QED) is 0.599. The van der Waals surface area contributed by atoms with Gasteiger partial charge in [0.15, 0.2) is 0 Å². The van der Waals surface area contributed by atoms with E-state index in [1.165, 1.54) is 12.8 Å². The van der Waals surface area contributed by atoms with Crippen LogP contribution in [-0.2, 0) is 0 Å². The summed E-state index contributed by atoms with van der Waals surface area (Å²) in [5.41, 5.74) is 0. The summed E-state index contributed by atoms with van der Waals surface area (Å²) in [6.45, 7) is 4.88. The molecule has 0 aliphatic heterocycles. The summed E-state index contributed by atoms with van der Waals surface area (Å²) in [4.78, 5) is 0. The standard InChI is InChI=1S/C8H16O/c1-3-7-4-8(5-9)6(7)2/h6-9H,3-5H2,1-2H3. The van der Waals surface area contributed by atoms with E-state index in [4.69, 9.17) is 5.11 Å². The first kappa shape index (κ1) is 7.07. The second kappa shape index (κ2) is 2.70. The molecule has 0 heterocycles. The van der Waals surface area contributed by atoms with E-state index in [9.17, 15) is 0 Å². The fourth-order valence-corrected chi connectivity index (χ4v) is 1.79. The molecule has 1 aliphatic carbocycles. The summed E-state index contributed by atoms with van der Waals surface area (Å²) >= 11 is 0. The van der Waals surface area contributed by atoms with Crippen molar-refractivity contribution in [3.63, 3.8) is 0 Å². The molecule has 0 spiro atoms. The zero-order valence-electron chi connectivity index (χ0n) is 6.30. The van der Waals surface area contributed by atoms with Crippen LogP contribution in [0, 0.1) is 17.8 Å². The minimum absolute atomic E-state index is 0.400. The Morgan fingerprint density at radius 3 is 2.44 bits per heavy atom. The van der Waals surface area contributed by atoms with Gasteiger partial charge in [-0.15, -0.1) is 0 Å². The molecular formula is C8H16O. The van der Waals surface area contributed by atoms with Crippen molar-refractivity contribution in [1.29, 1.82) is 0 Å². The lowest BCUT2D eigenvalue weighted by atomic mass is 9.65. The molecule has 3 unspecified atom stereocenters. The average molecular weight is 128 g/mol. The highest BCUT2D eigenvalue weighted by molar-refractivity contribution is 4.84. The summed E-state index contributed by atoms with van der Waals surface area (Å²) in [6.07, 6.45) is 2.55. The molecule has 1 fully saturated rings. The second-order valence-corrected chi connectivity index (χ2v) is 3.21. The highest BCUT2D eigenvalue weighted by atomic mass is 16.3. The van der Waals surface area contributed by atoms with Crippen LogP contribution in [0.4, 0.5) is 0 Å². The summed E-state index contributed by atoms with van der Waals surface area (Å²) in [5, 5.41) is 8.77. The smallest absolute Gasteiger partial charge is 0.0462 e. The maximum absolute atomic E-state index is 8.77. The van der Waals surface area contributed by atoms with E-state index < -0.39 is 0 Å². The maximum atomic E-state index is 8.77. The van der Waals surface area contributed by atoms with Gasteiger partial charge in [-0.1, -0.05) is 20.3 Å². The Labute approximate surface area is 57.1 Å². The fraction of sp³-hybridized carbons (Fsp3) is 1.00. The van der Waals surface area contributed by atoms with Crippen LogP contribution in [-0.4, -0.2) is 11.7 Å². The summed E-state index contributed by atoms with van der Waals surface area (Å²) in [6, 6.07) is 0. The van der Waals surface area contributed by atoms with Crippen LogP contribution in [0.5, 0.6) is 0 Å². The first-order chi connectivity index (χ1) is 4.29. The van der Waals surface area contributed by atoms with Crippen molar-refractivity contribution in [2.45, 2.75) is 26.7 Å². The highest BCUT2D eigenvalue weighted by Crippen LogP contribution is 2.41. The Hall–Kier alpha value is -0.0400. The fourth-order valence-electron chi connectivity index (χ4n) is 1.79. The van der Waals surface area contributed by atoms with Gasteiger partial charge < -0.3 is 5.11 Å². The lowest BCUT2D eigenvalue weighted by Gasteiger charge is -2.41. The lowest BCUT2D eigenvalue weighted by Crippen LogP contribution is -2.36. The van der Waals surface area contributed by atoms with Gasteiger partial charge in [-0.05, 0) is 24.2 Å². The van der Waals surface area contributed by atoms with Crippen LogP contribution in [0.1, 0.15) is 26.7 Å². The van der Waals surface area contributed by atoms with Gasteiger partial charge in [0.2, 0.25) is 0 Å². The number of aliphatic hydroxyl groups is 1. The summed E-state index contributed by atoms with van der Waals surface area (Å²) in [7, 11) is 0. The number of aliphatic hydroxyl groups excluding tert-OH is 1. The third-order valence-electron chi connectivity index (χ3n) is 2.85. The Bertz CT molecular complexity index is 80.6. The molecule has 1 rings (SSSR count). The Morgan fingerprint density at radius 2 is 2.11 bits per heavy atom. The van der Waals surface area contributed by atoms with Crippen LogP contribution >= 0.6 is 0 Å². The van der Waals surface area contributed by atoms with Crippen molar-refractivity contribution in [3.05, 3.63) is 0 Å². The molecule has 1 heteroatoms. The summed E-state index contributed by atoms with van der Waals surface area (Å²) < 4.78 is 0. The lowest BCUT2D eigenvalue weighted by molar-refractivity contribution is 0.0330. The third kappa shape index (κ3) is 1.11. The van der Waals surface area contributed by atoms with E-state index in [0.29, 0.717) is 12.5 Å². The van der Waals surface area contributed by atoms with Crippen molar-refractivity contribution in [1.82, 2.24) is 0 Å². The second-order valence-electron chi connectivity index (χ2n) is 3.21. The van der Waals surface area contributed by atoms with Gasteiger partial charge in [0.25, 0.3) is 0 Å². The Kier molecular flexibility index (Phi) is 2.12. The molecule has 0 radical (unpaired) electrons. The Morgan fingerprint density at radius 1 is 1.44 bits per heavy atom. The van der Waals surface area contributed by atoms with Gasteiger partial charge in [-0.2, -0.15) is 0 Å². The number of hydrogen-bond acceptors (Lipinski definition) is 1. The van der Waals surface area contributed by atoms with E-state index in [0.717, 1.165) is 11.8 Å². The molecular weight excluding hydrogens is 112 g/mol. The molecule has 1 aliphatic rings. The zero-order valence-corrected chi connectivity index (χ0v) is 6.30. The third-order valence-corrected chi connectivity index (χ3v) is 2.85. The van der Waals surface area contributed by atoms with Crippen molar-refractivity contribution in [2.75, 3.05) is 6.61 Å². The minimum atomic E-state index is 0.400. The van der Waals surface area contributed by atoms with Gasteiger partial charge in [-0.25, -0.2) is 0 Å². The molecule has 0 bridgehead atoms. The maximum Gasteiger partial charge on any atom is 0.0462 e. The van der Waals surface area contributed by atoms with Gasteiger partial charge in [-0.3, -0.25) is 0 Å². The predicted molar refractivity (Wildman–Crippen MR) is 38.1 cm³/mol. The van der Waals surface area contributed by atoms with Crippen LogP contribution < -0.4 is 0 Å². The Balaban J connectivity index is 2.24. The highest BCUT2D eigenvalue weighted by Gasteiger charge is 2.35. The van der Waals surface area contributed by atoms with Crippen LogP contribution in [0.25, 0.3) is 0 Å². The normalized spacial score (nSPS) is 42.3. The SMILES string of the molecule is CCC1CC(CO)C1C. The largest absolute Gasteiger partial charge is 0.396 e. The number of rotatable bonds is 2. The molecule has 0 aromatic carbocycles. The molecule has 1 saturated carbocycles. The summed E-state index contributed by atoms with van der Waals surface area (Å²) in [5.74, 6) is 2.30. The van der Waals surface area contributed by atoms with E-state index in [2.05, 4.69) is 13.8 Å². The molecule has 0 aromatic rings. The van der Waals surface area contributed by atoms with Crippen LogP contribution in [0.2, 0.25) is 0 Å². The zero-order chi connectivity index (χ0) is 6.85. The van der Waals surface area contributed by atoms with E-state index >= 15 is 0 Å². The molecule has 1 N–H and O–H groups in total.